The predicted molar refractivity (Wildman–Crippen MR) is 64.4 cm³/mol. The van der Waals surface area contributed by atoms with Crippen LogP contribution in [0.25, 0.3) is 11.0 Å². The number of fused-ring (bicyclic) bond motifs is 1. The summed E-state index contributed by atoms with van der Waals surface area (Å²) in [6.45, 7) is 10.9. The average Bonchev–Trinajstić information content (AvgIpc) is 2.43. The quantitative estimate of drug-likeness (QED) is 0.751. The van der Waals surface area contributed by atoms with Gasteiger partial charge in [0.2, 0.25) is 0 Å². The van der Waals surface area contributed by atoms with Crippen molar-refractivity contribution in [3.8, 4) is 0 Å². The number of H-pyrrole nitrogens is 1. The molecule has 0 aromatic carbocycles. The highest BCUT2D eigenvalue weighted by Crippen LogP contribution is 2.28. The molecule has 15 heavy (non-hydrogen) atoms. The second kappa shape index (κ2) is 3.37. The van der Waals surface area contributed by atoms with Crippen LogP contribution in [0.1, 0.15) is 42.1 Å². The third-order valence-corrected chi connectivity index (χ3v) is 3.24. The highest BCUT2D eigenvalue weighted by molar-refractivity contribution is 5.85. The first-order valence-corrected chi connectivity index (χ1v) is 5.46. The molecule has 0 spiro atoms. The monoisotopic (exact) mass is 202 g/mol. The first-order valence-electron chi connectivity index (χ1n) is 5.46. The van der Waals surface area contributed by atoms with E-state index in [1.54, 1.807) is 0 Å². The molecule has 0 aliphatic carbocycles. The molecule has 1 N–H and O–H groups in total. The van der Waals surface area contributed by atoms with E-state index in [0.717, 1.165) is 5.65 Å². The Balaban J connectivity index is 2.82. The van der Waals surface area contributed by atoms with Crippen LogP contribution in [0.5, 0.6) is 0 Å². The van der Waals surface area contributed by atoms with Crippen LogP contribution in [0.15, 0.2) is 6.20 Å². The predicted octanol–water partition coefficient (Wildman–Crippen LogP) is 3.61. The molecular formula is C13H18N2. The van der Waals surface area contributed by atoms with E-state index in [4.69, 9.17) is 0 Å². The number of hydrogen-bond donors (Lipinski definition) is 1. The zero-order valence-electron chi connectivity index (χ0n) is 10.1. The van der Waals surface area contributed by atoms with Crippen molar-refractivity contribution in [1.82, 2.24) is 9.97 Å². The maximum absolute atomic E-state index is 4.49. The van der Waals surface area contributed by atoms with Crippen molar-refractivity contribution in [3.63, 3.8) is 0 Å². The van der Waals surface area contributed by atoms with Crippen LogP contribution in [0.4, 0.5) is 0 Å². The molecule has 0 radical (unpaired) electrons. The topological polar surface area (TPSA) is 28.7 Å². The minimum atomic E-state index is 0.538. The molecule has 2 heteroatoms. The van der Waals surface area contributed by atoms with E-state index < -0.39 is 0 Å². The summed E-state index contributed by atoms with van der Waals surface area (Å²) >= 11 is 0. The van der Waals surface area contributed by atoms with Crippen molar-refractivity contribution >= 4 is 11.0 Å². The maximum atomic E-state index is 4.49. The molecule has 0 saturated heterocycles. The summed E-state index contributed by atoms with van der Waals surface area (Å²) in [7, 11) is 0. The third-order valence-electron chi connectivity index (χ3n) is 3.24. The Morgan fingerprint density at radius 1 is 1.13 bits per heavy atom. The third kappa shape index (κ3) is 1.44. The summed E-state index contributed by atoms with van der Waals surface area (Å²) in [6.07, 6.45) is 2.00. The number of aromatic amines is 1. The van der Waals surface area contributed by atoms with Crippen LogP contribution in [0, 0.1) is 20.8 Å². The molecule has 2 rings (SSSR count). The van der Waals surface area contributed by atoms with E-state index in [9.17, 15) is 0 Å². The highest BCUT2D eigenvalue weighted by Gasteiger charge is 2.12. The molecule has 80 valence electrons. The van der Waals surface area contributed by atoms with Gasteiger partial charge in [0.25, 0.3) is 0 Å². The molecular weight excluding hydrogens is 184 g/mol. The molecule has 2 aromatic rings. The van der Waals surface area contributed by atoms with Crippen LogP contribution < -0.4 is 0 Å². The molecule has 0 unspecified atom stereocenters. The molecule has 2 heterocycles. The van der Waals surface area contributed by atoms with Gasteiger partial charge in [0, 0.05) is 17.3 Å². The summed E-state index contributed by atoms with van der Waals surface area (Å²) in [5.41, 5.74) is 6.30. The Labute approximate surface area is 90.7 Å². The van der Waals surface area contributed by atoms with Crippen LogP contribution in [0.3, 0.4) is 0 Å². The normalized spacial score (nSPS) is 11.6. The molecule has 2 nitrogen and oxygen atoms in total. The number of nitrogens with one attached hydrogen (secondary N) is 1. The average molecular weight is 202 g/mol. The molecule has 0 aliphatic heterocycles. The summed E-state index contributed by atoms with van der Waals surface area (Å²) in [5, 5.41) is 1.30. The maximum Gasteiger partial charge on any atom is 0.137 e. The summed E-state index contributed by atoms with van der Waals surface area (Å²) in [5.74, 6) is 0.538. The Morgan fingerprint density at radius 2 is 1.80 bits per heavy atom. The number of rotatable bonds is 1. The van der Waals surface area contributed by atoms with E-state index in [2.05, 4.69) is 44.6 Å². The van der Waals surface area contributed by atoms with Crippen molar-refractivity contribution in [3.05, 3.63) is 28.6 Å². The minimum absolute atomic E-state index is 0.538. The van der Waals surface area contributed by atoms with Gasteiger partial charge in [-0.2, -0.15) is 0 Å². The molecule has 2 aromatic heterocycles. The van der Waals surface area contributed by atoms with Gasteiger partial charge in [-0.3, -0.25) is 0 Å². The Bertz CT molecular complexity index is 507. The molecule has 0 saturated carbocycles. The Kier molecular flexibility index (Phi) is 2.29. The zero-order valence-corrected chi connectivity index (χ0v) is 10.1. The Hall–Kier alpha value is -1.31. The van der Waals surface area contributed by atoms with Crippen LogP contribution in [-0.4, -0.2) is 9.97 Å². The van der Waals surface area contributed by atoms with Crippen LogP contribution in [0.2, 0.25) is 0 Å². The summed E-state index contributed by atoms with van der Waals surface area (Å²) in [6, 6.07) is 0. The highest BCUT2D eigenvalue weighted by atomic mass is 14.9. The van der Waals surface area contributed by atoms with Gasteiger partial charge in [-0.1, -0.05) is 13.8 Å². The lowest BCUT2D eigenvalue weighted by Crippen LogP contribution is -1.94. The van der Waals surface area contributed by atoms with Crippen molar-refractivity contribution < 1.29 is 0 Å². The number of pyridine rings is 1. The number of aromatic nitrogens is 2. The van der Waals surface area contributed by atoms with Gasteiger partial charge in [-0.25, -0.2) is 4.98 Å². The zero-order chi connectivity index (χ0) is 11.2. The van der Waals surface area contributed by atoms with E-state index >= 15 is 0 Å². The molecule has 0 bridgehead atoms. The van der Waals surface area contributed by atoms with E-state index in [1.807, 2.05) is 6.20 Å². The second-order valence-corrected chi connectivity index (χ2v) is 4.59. The second-order valence-electron chi connectivity index (χ2n) is 4.59. The van der Waals surface area contributed by atoms with E-state index in [1.165, 1.54) is 27.8 Å². The fourth-order valence-corrected chi connectivity index (χ4v) is 2.21. The van der Waals surface area contributed by atoms with E-state index in [0.29, 0.717) is 5.92 Å². The first-order chi connectivity index (χ1) is 7.02. The minimum Gasteiger partial charge on any atom is -0.343 e. The van der Waals surface area contributed by atoms with Gasteiger partial charge in [0.15, 0.2) is 0 Å². The van der Waals surface area contributed by atoms with Gasteiger partial charge in [0.05, 0.1) is 0 Å². The fourth-order valence-electron chi connectivity index (χ4n) is 2.21. The largest absolute Gasteiger partial charge is 0.343 e. The lowest BCUT2D eigenvalue weighted by Gasteiger charge is -2.10. The van der Waals surface area contributed by atoms with Gasteiger partial charge >= 0.3 is 0 Å². The number of nitrogens with zero attached hydrogens (tertiary/aromatic N) is 1. The van der Waals surface area contributed by atoms with Gasteiger partial charge in [-0.05, 0) is 43.4 Å². The molecule has 0 fully saturated rings. The lowest BCUT2D eigenvalue weighted by molar-refractivity contribution is 0.852. The van der Waals surface area contributed by atoms with Gasteiger partial charge in [0.1, 0.15) is 5.65 Å². The summed E-state index contributed by atoms with van der Waals surface area (Å²) < 4.78 is 0. The number of aryl methyl sites for hydroxylation is 3. The van der Waals surface area contributed by atoms with Crippen LogP contribution >= 0.6 is 0 Å². The number of hydrogen-bond acceptors (Lipinski definition) is 1. The standard InChI is InChI=1S/C13H18N2/c1-7(2)11-6-14-13-12(9(11)4)8(3)10(5)15-13/h6-7H,1-5H3,(H,14,15). The molecule has 0 amide bonds. The van der Waals surface area contributed by atoms with Crippen molar-refractivity contribution in [2.45, 2.75) is 40.5 Å². The van der Waals surface area contributed by atoms with Gasteiger partial charge < -0.3 is 4.98 Å². The first kappa shape index (κ1) is 10.2. The van der Waals surface area contributed by atoms with Crippen LogP contribution in [-0.2, 0) is 0 Å². The van der Waals surface area contributed by atoms with E-state index in [-0.39, 0.29) is 0 Å². The van der Waals surface area contributed by atoms with Crippen molar-refractivity contribution in [2.75, 3.05) is 0 Å². The fraction of sp³-hybridized carbons (Fsp3) is 0.462. The molecule has 0 aliphatic rings. The van der Waals surface area contributed by atoms with Crippen molar-refractivity contribution in [2.24, 2.45) is 0 Å². The Morgan fingerprint density at radius 3 is 2.40 bits per heavy atom. The van der Waals surface area contributed by atoms with Crippen molar-refractivity contribution in [1.29, 1.82) is 0 Å². The molecule has 0 atom stereocenters. The summed E-state index contributed by atoms with van der Waals surface area (Å²) in [4.78, 5) is 7.81. The SMILES string of the molecule is Cc1[nH]c2ncc(C(C)C)c(C)c2c1C. The van der Waals surface area contributed by atoms with Gasteiger partial charge in [-0.15, -0.1) is 0 Å². The smallest absolute Gasteiger partial charge is 0.137 e. The lowest BCUT2D eigenvalue weighted by atomic mass is 9.97.